The molecular weight excluding hydrogens is 192 g/mol. The van der Waals surface area contributed by atoms with Gasteiger partial charge in [-0.05, 0) is 50.3 Å². The molecule has 78 valence electrons. The third kappa shape index (κ3) is 2.16. The van der Waals surface area contributed by atoms with Gasteiger partial charge in [0.1, 0.15) is 0 Å². The Balaban J connectivity index is 2.04. The largest absolute Gasteiger partial charge is 0.316 e. The normalized spacial score (nSPS) is 24.8. The molecule has 0 amide bonds. The van der Waals surface area contributed by atoms with Crippen molar-refractivity contribution < 1.29 is 0 Å². The highest BCUT2D eigenvalue weighted by atomic mass is 32.1. The molecule has 3 heteroatoms. The Morgan fingerprint density at radius 3 is 3.14 bits per heavy atom. The number of nitrogens with one attached hydrogen (secondary N) is 2. The molecule has 0 aromatic carbocycles. The molecule has 0 radical (unpaired) electrons. The van der Waals surface area contributed by atoms with Gasteiger partial charge >= 0.3 is 0 Å². The van der Waals surface area contributed by atoms with Crippen LogP contribution in [-0.2, 0) is 0 Å². The van der Waals surface area contributed by atoms with Crippen molar-refractivity contribution in [2.45, 2.75) is 18.9 Å². The van der Waals surface area contributed by atoms with Crippen molar-refractivity contribution in [3.63, 3.8) is 0 Å². The monoisotopic (exact) mass is 210 g/mol. The Hall–Kier alpha value is -0.380. The molecule has 2 rings (SSSR count). The van der Waals surface area contributed by atoms with Crippen molar-refractivity contribution in [3.05, 3.63) is 22.4 Å². The molecule has 1 aromatic heterocycles. The lowest BCUT2D eigenvalue weighted by molar-refractivity contribution is 0.301. The molecule has 14 heavy (non-hydrogen) atoms. The summed E-state index contributed by atoms with van der Waals surface area (Å²) >= 11 is 1.86. The Morgan fingerprint density at radius 1 is 1.64 bits per heavy atom. The molecule has 2 N–H and O–H groups in total. The second kappa shape index (κ2) is 4.91. The molecule has 1 saturated heterocycles. The maximum Gasteiger partial charge on any atom is 0.0453 e. The van der Waals surface area contributed by atoms with E-state index in [0.29, 0.717) is 6.04 Å². The molecule has 2 nitrogen and oxygen atoms in total. The summed E-state index contributed by atoms with van der Waals surface area (Å²) < 4.78 is 0. The molecule has 0 aliphatic carbocycles. The van der Waals surface area contributed by atoms with Gasteiger partial charge in [-0.2, -0.15) is 0 Å². The summed E-state index contributed by atoms with van der Waals surface area (Å²) in [4.78, 5) is 1.47. The average Bonchev–Trinajstić information content (AvgIpc) is 2.74. The van der Waals surface area contributed by atoms with E-state index in [-0.39, 0.29) is 0 Å². The number of hydrogen-bond donors (Lipinski definition) is 2. The van der Waals surface area contributed by atoms with E-state index in [1.54, 1.807) is 0 Å². The maximum atomic E-state index is 3.48. The minimum absolute atomic E-state index is 0.544. The number of hydrogen-bond acceptors (Lipinski definition) is 3. The Bertz CT molecular complexity index is 252. The molecule has 2 atom stereocenters. The Labute approximate surface area is 89.7 Å². The van der Waals surface area contributed by atoms with E-state index in [0.717, 1.165) is 12.5 Å². The van der Waals surface area contributed by atoms with Crippen LogP contribution >= 0.6 is 11.3 Å². The Kier molecular flexibility index (Phi) is 3.56. The zero-order valence-corrected chi connectivity index (χ0v) is 9.44. The average molecular weight is 210 g/mol. The van der Waals surface area contributed by atoms with Gasteiger partial charge in [0.05, 0.1) is 0 Å². The lowest BCUT2D eigenvalue weighted by atomic mass is 9.91. The lowest BCUT2D eigenvalue weighted by Crippen LogP contribution is -2.37. The van der Waals surface area contributed by atoms with E-state index in [9.17, 15) is 0 Å². The van der Waals surface area contributed by atoms with Crippen molar-refractivity contribution >= 4 is 11.3 Å². The van der Waals surface area contributed by atoms with E-state index >= 15 is 0 Å². The van der Waals surface area contributed by atoms with Crippen LogP contribution in [0, 0.1) is 5.92 Å². The van der Waals surface area contributed by atoms with Gasteiger partial charge in [0.2, 0.25) is 0 Å². The zero-order chi connectivity index (χ0) is 9.80. The highest BCUT2D eigenvalue weighted by Gasteiger charge is 2.23. The van der Waals surface area contributed by atoms with Crippen molar-refractivity contribution in [3.8, 4) is 0 Å². The summed E-state index contributed by atoms with van der Waals surface area (Å²) in [6.45, 7) is 2.35. The molecular formula is C11H18N2S. The molecule has 2 heterocycles. The van der Waals surface area contributed by atoms with Gasteiger partial charge in [-0.15, -0.1) is 11.3 Å². The van der Waals surface area contributed by atoms with E-state index in [4.69, 9.17) is 0 Å². The van der Waals surface area contributed by atoms with Gasteiger partial charge in [0.15, 0.2) is 0 Å². The number of rotatable bonds is 3. The summed E-state index contributed by atoms with van der Waals surface area (Å²) in [5.41, 5.74) is 0. The van der Waals surface area contributed by atoms with E-state index in [1.165, 1.54) is 24.3 Å². The van der Waals surface area contributed by atoms with Gasteiger partial charge in [-0.3, -0.25) is 0 Å². The molecule has 0 bridgehead atoms. The van der Waals surface area contributed by atoms with Crippen LogP contribution in [0.3, 0.4) is 0 Å². The van der Waals surface area contributed by atoms with Crippen molar-refractivity contribution in [2.75, 3.05) is 20.1 Å². The molecule has 0 spiro atoms. The summed E-state index contributed by atoms with van der Waals surface area (Å²) in [5, 5.41) is 9.08. The fraction of sp³-hybridized carbons (Fsp3) is 0.636. The van der Waals surface area contributed by atoms with Crippen molar-refractivity contribution in [1.29, 1.82) is 0 Å². The molecule has 1 fully saturated rings. The standard InChI is InChI=1S/C11H18N2S/c1-12-11(10-5-3-7-14-10)9-4-2-6-13-8-9/h3,5,7,9,11-13H,2,4,6,8H2,1H3. The fourth-order valence-electron chi connectivity index (χ4n) is 2.24. The minimum Gasteiger partial charge on any atom is -0.316 e. The summed E-state index contributed by atoms with van der Waals surface area (Å²) in [7, 11) is 2.07. The van der Waals surface area contributed by atoms with Crippen LogP contribution in [0.15, 0.2) is 17.5 Å². The van der Waals surface area contributed by atoms with Crippen LogP contribution in [-0.4, -0.2) is 20.1 Å². The molecule has 1 aliphatic heterocycles. The topological polar surface area (TPSA) is 24.1 Å². The predicted molar refractivity (Wildman–Crippen MR) is 61.7 cm³/mol. The number of thiophene rings is 1. The van der Waals surface area contributed by atoms with E-state index < -0.39 is 0 Å². The predicted octanol–water partition coefficient (Wildman–Crippen LogP) is 2.01. The number of piperidine rings is 1. The first-order valence-corrected chi connectivity index (χ1v) is 6.21. The van der Waals surface area contributed by atoms with Crippen LogP contribution in [0.4, 0.5) is 0 Å². The van der Waals surface area contributed by atoms with Crippen LogP contribution in [0.5, 0.6) is 0 Å². The second-order valence-corrected chi connectivity index (χ2v) is 4.87. The molecule has 1 aliphatic rings. The first kappa shape index (κ1) is 10.1. The zero-order valence-electron chi connectivity index (χ0n) is 8.62. The first-order chi connectivity index (χ1) is 6.92. The van der Waals surface area contributed by atoms with Gasteiger partial charge < -0.3 is 10.6 Å². The summed E-state index contributed by atoms with van der Waals surface area (Å²) in [6.07, 6.45) is 2.66. The van der Waals surface area contributed by atoms with Crippen LogP contribution in [0.25, 0.3) is 0 Å². The highest BCUT2D eigenvalue weighted by molar-refractivity contribution is 7.10. The van der Waals surface area contributed by atoms with Gasteiger partial charge in [-0.25, -0.2) is 0 Å². The van der Waals surface area contributed by atoms with Gasteiger partial charge in [-0.1, -0.05) is 6.07 Å². The molecule has 1 aromatic rings. The van der Waals surface area contributed by atoms with E-state index in [1.807, 2.05) is 11.3 Å². The lowest BCUT2D eigenvalue weighted by Gasteiger charge is -2.29. The van der Waals surface area contributed by atoms with Crippen LogP contribution in [0.2, 0.25) is 0 Å². The smallest absolute Gasteiger partial charge is 0.0453 e. The molecule has 0 saturated carbocycles. The van der Waals surface area contributed by atoms with Crippen LogP contribution in [0.1, 0.15) is 23.8 Å². The maximum absolute atomic E-state index is 3.48. The summed E-state index contributed by atoms with van der Waals surface area (Å²) in [6, 6.07) is 4.92. The van der Waals surface area contributed by atoms with E-state index in [2.05, 4.69) is 35.2 Å². The van der Waals surface area contributed by atoms with Gasteiger partial charge in [0, 0.05) is 10.9 Å². The van der Waals surface area contributed by atoms with Gasteiger partial charge in [0.25, 0.3) is 0 Å². The minimum atomic E-state index is 0.544. The first-order valence-electron chi connectivity index (χ1n) is 5.33. The highest BCUT2D eigenvalue weighted by Crippen LogP contribution is 2.29. The summed E-state index contributed by atoms with van der Waals surface area (Å²) in [5.74, 6) is 0.757. The SMILES string of the molecule is CNC(c1cccs1)C1CCCNC1. The van der Waals surface area contributed by atoms with Crippen molar-refractivity contribution in [1.82, 2.24) is 10.6 Å². The molecule has 2 unspecified atom stereocenters. The Morgan fingerprint density at radius 2 is 2.57 bits per heavy atom. The van der Waals surface area contributed by atoms with Crippen LogP contribution < -0.4 is 10.6 Å². The third-order valence-electron chi connectivity index (χ3n) is 2.97. The third-order valence-corrected chi connectivity index (χ3v) is 3.92. The second-order valence-electron chi connectivity index (χ2n) is 3.89. The quantitative estimate of drug-likeness (QED) is 0.797. The fourth-order valence-corrected chi connectivity index (χ4v) is 3.17. The van der Waals surface area contributed by atoms with Crippen molar-refractivity contribution in [2.24, 2.45) is 5.92 Å².